The molecule has 0 aliphatic carbocycles. The lowest BCUT2D eigenvalue weighted by Gasteiger charge is -2.18. The number of nitrogens with two attached hydrogens (primary N) is 2. The highest BCUT2D eigenvalue weighted by Gasteiger charge is 2.41. The van der Waals surface area contributed by atoms with E-state index in [0.717, 1.165) is 0 Å². The number of rotatable bonds is 4. The Labute approximate surface area is 137 Å². The van der Waals surface area contributed by atoms with Gasteiger partial charge >= 0.3 is 6.03 Å². The van der Waals surface area contributed by atoms with Gasteiger partial charge in [-0.2, -0.15) is 0 Å². The van der Waals surface area contributed by atoms with E-state index in [2.05, 4.69) is 5.32 Å². The van der Waals surface area contributed by atoms with Crippen molar-refractivity contribution in [1.29, 1.82) is 0 Å². The van der Waals surface area contributed by atoms with Gasteiger partial charge in [-0.25, -0.2) is 4.79 Å². The Hall–Kier alpha value is -2.48. The molecule has 1 aliphatic rings. The highest BCUT2D eigenvalue weighted by molar-refractivity contribution is 6.31. The Morgan fingerprint density at radius 1 is 1.22 bits per heavy atom. The largest absolute Gasteiger partial charge is 0.495 e. The zero-order valence-corrected chi connectivity index (χ0v) is 13.2. The standard InChI is InChI=1S/C14H17ClN4O4/c1-23-11-3-2-7(15)4-10(11)18-14(22)19-5-8(12(16)20)9(6-19)13(17)21/h2-4,8-9H,5-6H2,1H3,(H2,16,20)(H2,17,21)(H,18,22). The number of nitrogens with one attached hydrogen (secondary N) is 1. The normalized spacial score (nSPS) is 20.2. The first-order chi connectivity index (χ1) is 10.8. The van der Waals surface area contributed by atoms with Crippen molar-refractivity contribution in [3.63, 3.8) is 0 Å². The fourth-order valence-corrected chi connectivity index (χ4v) is 2.69. The number of hydrogen-bond acceptors (Lipinski definition) is 4. The minimum absolute atomic E-state index is 0.0255. The molecular weight excluding hydrogens is 324 g/mol. The number of ether oxygens (including phenoxy) is 1. The average Bonchev–Trinajstić information content (AvgIpc) is 2.93. The average molecular weight is 341 g/mol. The maximum atomic E-state index is 12.3. The van der Waals surface area contributed by atoms with E-state index in [1.807, 2.05) is 0 Å². The molecule has 2 atom stereocenters. The van der Waals surface area contributed by atoms with Gasteiger partial charge in [0.2, 0.25) is 11.8 Å². The maximum Gasteiger partial charge on any atom is 0.321 e. The van der Waals surface area contributed by atoms with E-state index in [4.69, 9.17) is 27.8 Å². The molecule has 5 N–H and O–H groups in total. The molecule has 0 bridgehead atoms. The molecule has 8 nitrogen and oxygen atoms in total. The van der Waals surface area contributed by atoms with Crippen molar-refractivity contribution < 1.29 is 19.1 Å². The SMILES string of the molecule is COc1ccc(Cl)cc1NC(=O)N1CC(C(N)=O)C(C(N)=O)C1. The van der Waals surface area contributed by atoms with Crippen LogP contribution in [0.3, 0.4) is 0 Å². The van der Waals surface area contributed by atoms with E-state index < -0.39 is 29.7 Å². The van der Waals surface area contributed by atoms with Crippen molar-refractivity contribution in [2.45, 2.75) is 0 Å². The topological polar surface area (TPSA) is 128 Å². The summed E-state index contributed by atoms with van der Waals surface area (Å²) in [6, 6.07) is 4.27. The van der Waals surface area contributed by atoms with E-state index in [1.54, 1.807) is 12.1 Å². The quantitative estimate of drug-likeness (QED) is 0.732. The highest BCUT2D eigenvalue weighted by Crippen LogP contribution is 2.29. The second-order valence-electron chi connectivity index (χ2n) is 5.20. The Bertz CT molecular complexity index is 630. The molecule has 0 aromatic heterocycles. The molecule has 2 rings (SSSR count). The number of nitrogens with zero attached hydrogens (tertiary/aromatic N) is 1. The van der Waals surface area contributed by atoms with Gasteiger partial charge in [-0.3, -0.25) is 9.59 Å². The molecule has 2 unspecified atom stereocenters. The van der Waals surface area contributed by atoms with Gasteiger partial charge in [0, 0.05) is 18.1 Å². The molecule has 1 aromatic rings. The van der Waals surface area contributed by atoms with Crippen LogP contribution in [0.1, 0.15) is 0 Å². The number of halogens is 1. The fraction of sp³-hybridized carbons (Fsp3) is 0.357. The van der Waals surface area contributed by atoms with E-state index >= 15 is 0 Å². The molecule has 124 valence electrons. The molecule has 1 saturated heterocycles. The number of likely N-dealkylation sites (tertiary alicyclic amines) is 1. The zero-order chi connectivity index (χ0) is 17.1. The smallest absolute Gasteiger partial charge is 0.321 e. The zero-order valence-electron chi connectivity index (χ0n) is 12.4. The Morgan fingerprint density at radius 2 is 1.78 bits per heavy atom. The van der Waals surface area contributed by atoms with Gasteiger partial charge in [0.15, 0.2) is 0 Å². The minimum Gasteiger partial charge on any atom is -0.495 e. The molecule has 0 spiro atoms. The van der Waals surface area contributed by atoms with E-state index in [0.29, 0.717) is 16.5 Å². The lowest BCUT2D eigenvalue weighted by molar-refractivity contribution is -0.129. The summed E-state index contributed by atoms with van der Waals surface area (Å²) in [5.74, 6) is -2.48. The second kappa shape index (κ2) is 6.74. The summed E-state index contributed by atoms with van der Waals surface area (Å²) >= 11 is 5.90. The van der Waals surface area contributed by atoms with Crippen LogP contribution in [-0.4, -0.2) is 42.9 Å². The summed E-state index contributed by atoms with van der Waals surface area (Å²) in [6.45, 7) is 0.0509. The van der Waals surface area contributed by atoms with Crippen molar-refractivity contribution in [3.05, 3.63) is 23.2 Å². The maximum absolute atomic E-state index is 12.3. The monoisotopic (exact) mass is 340 g/mol. The predicted octanol–water partition coefficient (Wildman–Crippen LogP) is 0.399. The second-order valence-corrected chi connectivity index (χ2v) is 5.63. The Morgan fingerprint density at radius 3 is 2.26 bits per heavy atom. The molecular formula is C14H17ClN4O4. The highest BCUT2D eigenvalue weighted by atomic mass is 35.5. The molecule has 9 heteroatoms. The van der Waals surface area contributed by atoms with Crippen LogP contribution in [0.4, 0.5) is 10.5 Å². The van der Waals surface area contributed by atoms with Crippen LogP contribution in [0, 0.1) is 11.8 Å². The molecule has 1 heterocycles. The molecule has 0 saturated carbocycles. The summed E-state index contributed by atoms with van der Waals surface area (Å²) in [6.07, 6.45) is 0. The van der Waals surface area contributed by atoms with Crippen molar-refractivity contribution >= 4 is 35.1 Å². The van der Waals surface area contributed by atoms with Crippen LogP contribution < -0.4 is 21.5 Å². The summed E-state index contributed by atoms with van der Waals surface area (Å²) < 4.78 is 5.14. The van der Waals surface area contributed by atoms with Gasteiger partial charge in [0.25, 0.3) is 0 Å². The summed E-state index contributed by atoms with van der Waals surface area (Å²) in [5, 5.41) is 3.06. The number of carbonyl (C=O) groups is 3. The number of carbonyl (C=O) groups excluding carboxylic acids is 3. The van der Waals surface area contributed by atoms with Gasteiger partial charge in [0.1, 0.15) is 5.75 Å². The molecule has 1 aliphatic heterocycles. The van der Waals surface area contributed by atoms with E-state index in [1.165, 1.54) is 18.1 Å². The van der Waals surface area contributed by atoms with Crippen LogP contribution in [-0.2, 0) is 9.59 Å². The molecule has 4 amide bonds. The Kier molecular flexibility index (Phi) is 4.95. The van der Waals surface area contributed by atoms with Crippen molar-refractivity contribution in [1.82, 2.24) is 4.90 Å². The van der Waals surface area contributed by atoms with E-state index in [-0.39, 0.29) is 13.1 Å². The van der Waals surface area contributed by atoms with Crippen molar-refractivity contribution in [2.24, 2.45) is 23.3 Å². The van der Waals surface area contributed by atoms with Crippen LogP contribution in [0.2, 0.25) is 5.02 Å². The van der Waals surface area contributed by atoms with Crippen LogP contribution in [0.25, 0.3) is 0 Å². The van der Waals surface area contributed by atoms with Crippen LogP contribution >= 0.6 is 11.6 Å². The predicted molar refractivity (Wildman–Crippen MR) is 84.0 cm³/mol. The third-order valence-electron chi connectivity index (χ3n) is 3.74. The summed E-state index contributed by atoms with van der Waals surface area (Å²) in [4.78, 5) is 36.5. The van der Waals surface area contributed by atoms with Crippen LogP contribution in [0.5, 0.6) is 5.75 Å². The van der Waals surface area contributed by atoms with Gasteiger partial charge in [-0.15, -0.1) is 0 Å². The van der Waals surface area contributed by atoms with Gasteiger partial charge in [0.05, 0.1) is 24.6 Å². The number of benzene rings is 1. The van der Waals surface area contributed by atoms with Gasteiger partial charge in [-0.05, 0) is 18.2 Å². The first-order valence-electron chi connectivity index (χ1n) is 6.81. The Balaban J connectivity index is 2.14. The molecule has 23 heavy (non-hydrogen) atoms. The molecule has 1 aromatic carbocycles. The number of urea groups is 1. The number of hydrogen-bond donors (Lipinski definition) is 3. The molecule has 1 fully saturated rings. The number of methoxy groups -OCH3 is 1. The van der Waals surface area contributed by atoms with E-state index in [9.17, 15) is 14.4 Å². The third kappa shape index (κ3) is 3.65. The summed E-state index contributed by atoms with van der Waals surface area (Å²) in [5.41, 5.74) is 10.9. The van der Waals surface area contributed by atoms with Gasteiger partial charge < -0.3 is 26.4 Å². The van der Waals surface area contributed by atoms with Crippen LogP contribution in [0.15, 0.2) is 18.2 Å². The lowest BCUT2D eigenvalue weighted by Crippen LogP contribution is -2.36. The number of anilines is 1. The number of amides is 4. The minimum atomic E-state index is -0.792. The van der Waals surface area contributed by atoms with Gasteiger partial charge in [-0.1, -0.05) is 11.6 Å². The first kappa shape index (κ1) is 16.9. The van der Waals surface area contributed by atoms with Crippen molar-refractivity contribution in [2.75, 3.05) is 25.5 Å². The third-order valence-corrected chi connectivity index (χ3v) is 3.98. The fourth-order valence-electron chi connectivity index (χ4n) is 2.52. The summed E-state index contributed by atoms with van der Waals surface area (Å²) in [7, 11) is 1.46. The molecule has 0 radical (unpaired) electrons. The first-order valence-corrected chi connectivity index (χ1v) is 7.19. The lowest BCUT2D eigenvalue weighted by atomic mass is 9.95. The van der Waals surface area contributed by atoms with Crippen molar-refractivity contribution in [3.8, 4) is 5.75 Å². The number of primary amides is 2.